The average molecular weight is 228 g/mol. The SMILES string of the molecule is CCc1ccccc1C(=O)C(C#N)=CN(C)C. The number of carbonyl (C=O) groups is 1. The lowest BCUT2D eigenvalue weighted by molar-refractivity contribution is 0.103. The standard InChI is InChI=1S/C14H16N2O/c1-4-11-7-5-6-8-13(11)14(17)12(9-15)10-16(2)3/h5-8,10H,4H2,1-3H3. The Labute approximate surface area is 102 Å². The first-order chi connectivity index (χ1) is 8.10. The van der Waals surface area contributed by atoms with Crippen LogP contribution in [0.25, 0.3) is 0 Å². The summed E-state index contributed by atoms with van der Waals surface area (Å²) < 4.78 is 0. The summed E-state index contributed by atoms with van der Waals surface area (Å²) >= 11 is 0. The molecule has 88 valence electrons. The summed E-state index contributed by atoms with van der Waals surface area (Å²) in [6, 6.07) is 9.35. The number of nitrogens with zero attached hydrogens (tertiary/aromatic N) is 2. The molecule has 0 N–H and O–H groups in total. The highest BCUT2D eigenvalue weighted by Crippen LogP contribution is 2.14. The maximum absolute atomic E-state index is 12.2. The van der Waals surface area contributed by atoms with Gasteiger partial charge in [0, 0.05) is 25.9 Å². The van der Waals surface area contributed by atoms with Crippen molar-refractivity contribution in [1.82, 2.24) is 4.90 Å². The van der Waals surface area contributed by atoms with E-state index in [1.54, 1.807) is 31.3 Å². The van der Waals surface area contributed by atoms with E-state index in [0.717, 1.165) is 12.0 Å². The largest absolute Gasteiger partial charge is 0.382 e. The van der Waals surface area contributed by atoms with Gasteiger partial charge in [-0.2, -0.15) is 5.26 Å². The van der Waals surface area contributed by atoms with Crippen LogP contribution in [0.4, 0.5) is 0 Å². The Balaban J connectivity index is 3.16. The minimum Gasteiger partial charge on any atom is -0.382 e. The van der Waals surface area contributed by atoms with Gasteiger partial charge >= 0.3 is 0 Å². The molecule has 0 amide bonds. The lowest BCUT2D eigenvalue weighted by Crippen LogP contribution is -2.10. The molecule has 0 unspecified atom stereocenters. The van der Waals surface area contributed by atoms with Gasteiger partial charge in [-0.05, 0) is 12.0 Å². The highest BCUT2D eigenvalue weighted by atomic mass is 16.1. The highest BCUT2D eigenvalue weighted by Gasteiger charge is 2.14. The number of hydrogen-bond donors (Lipinski definition) is 0. The zero-order valence-corrected chi connectivity index (χ0v) is 10.4. The van der Waals surface area contributed by atoms with Crippen molar-refractivity contribution in [2.24, 2.45) is 0 Å². The van der Waals surface area contributed by atoms with E-state index in [2.05, 4.69) is 0 Å². The summed E-state index contributed by atoms with van der Waals surface area (Å²) in [6.45, 7) is 1.99. The van der Waals surface area contributed by atoms with Crippen LogP contribution in [-0.4, -0.2) is 24.8 Å². The average Bonchev–Trinajstić information content (AvgIpc) is 2.34. The Hall–Kier alpha value is -2.08. The minimum absolute atomic E-state index is 0.163. The van der Waals surface area contributed by atoms with E-state index < -0.39 is 0 Å². The lowest BCUT2D eigenvalue weighted by Gasteiger charge is -2.08. The fraction of sp³-hybridized carbons (Fsp3) is 0.286. The van der Waals surface area contributed by atoms with E-state index in [9.17, 15) is 4.79 Å². The quantitative estimate of drug-likeness (QED) is 0.451. The van der Waals surface area contributed by atoms with Gasteiger partial charge in [-0.1, -0.05) is 31.2 Å². The number of benzene rings is 1. The van der Waals surface area contributed by atoms with Crippen molar-refractivity contribution in [3.63, 3.8) is 0 Å². The van der Waals surface area contributed by atoms with Crippen molar-refractivity contribution in [3.05, 3.63) is 47.2 Å². The van der Waals surface area contributed by atoms with E-state index in [1.807, 2.05) is 31.2 Å². The summed E-state index contributed by atoms with van der Waals surface area (Å²) in [5, 5.41) is 9.00. The van der Waals surface area contributed by atoms with Crippen LogP contribution in [0, 0.1) is 11.3 Å². The maximum Gasteiger partial charge on any atom is 0.205 e. The van der Waals surface area contributed by atoms with Crippen LogP contribution in [-0.2, 0) is 6.42 Å². The third kappa shape index (κ3) is 3.18. The molecule has 0 aliphatic carbocycles. The molecule has 0 atom stereocenters. The van der Waals surface area contributed by atoms with Crippen molar-refractivity contribution < 1.29 is 4.79 Å². The molecule has 0 bridgehead atoms. The Kier molecular flexibility index (Phi) is 4.47. The monoisotopic (exact) mass is 228 g/mol. The summed E-state index contributed by atoms with van der Waals surface area (Å²) in [5.41, 5.74) is 1.75. The molecule has 1 aromatic carbocycles. The van der Waals surface area contributed by atoms with E-state index in [-0.39, 0.29) is 11.4 Å². The third-order valence-corrected chi connectivity index (χ3v) is 2.40. The Morgan fingerprint density at radius 2 is 2.06 bits per heavy atom. The molecule has 3 heteroatoms. The van der Waals surface area contributed by atoms with Crippen LogP contribution >= 0.6 is 0 Å². The fourth-order valence-corrected chi connectivity index (χ4v) is 1.59. The normalized spacial score (nSPS) is 10.8. The molecule has 0 saturated heterocycles. The molecule has 1 rings (SSSR count). The van der Waals surface area contributed by atoms with Gasteiger partial charge in [0.15, 0.2) is 0 Å². The van der Waals surface area contributed by atoms with Gasteiger partial charge < -0.3 is 4.90 Å². The number of nitriles is 1. The Morgan fingerprint density at radius 3 is 2.59 bits per heavy atom. The number of hydrogen-bond acceptors (Lipinski definition) is 3. The maximum atomic E-state index is 12.2. The summed E-state index contributed by atoms with van der Waals surface area (Å²) in [7, 11) is 3.58. The molecule has 0 aliphatic rings. The Bertz CT molecular complexity index is 481. The van der Waals surface area contributed by atoms with Crippen LogP contribution < -0.4 is 0 Å². The smallest absolute Gasteiger partial charge is 0.205 e. The summed E-state index contributed by atoms with van der Waals surface area (Å²) in [4.78, 5) is 13.9. The Morgan fingerprint density at radius 1 is 1.41 bits per heavy atom. The first kappa shape index (κ1) is 13.0. The van der Waals surface area contributed by atoms with Crippen molar-refractivity contribution in [1.29, 1.82) is 5.26 Å². The van der Waals surface area contributed by atoms with E-state index in [4.69, 9.17) is 5.26 Å². The fourth-order valence-electron chi connectivity index (χ4n) is 1.59. The number of rotatable bonds is 4. The lowest BCUT2D eigenvalue weighted by atomic mass is 9.98. The van der Waals surface area contributed by atoms with Gasteiger partial charge in [0.25, 0.3) is 0 Å². The van der Waals surface area contributed by atoms with Crippen molar-refractivity contribution >= 4 is 5.78 Å². The zero-order valence-electron chi connectivity index (χ0n) is 10.4. The van der Waals surface area contributed by atoms with Crippen LogP contribution in [0.5, 0.6) is 0 Å². The molecule has 0 spiro atoms. The summed E-state index contributed by atoms with van der Waals surface area (Å²) in [5.74, 6) is -0.210. The zero-order chi connectivity index (χ0) is 12.8. The van der Waals surface area contributed by atoms with E-state index in [1.165, 1.54) is 0 Å². The number of allylic oxidation sites excluding steroid dienone is 1. The predicted molar refractivity (Wildman–Crippen MR) is 67.5 cm³/mol. The van der Waals surface area contributed by atoms with Gasteiger partial charge in [-0.15, -0.1) is 0 Å². The number of carbonyl (C=O) groups excluding carboxylic acids is 1. The molecule has 0 radical (unpaired) electrons. The first-order valence-corrected chi connectivity index (χ1v) is 5.51. The van der Waals surface area contributed by atoms with Gasteiger partial charge in [-0.25, -0.2) is 0 Å². The molecule has 0 saturated carbocycles. The second-order valence-electron chi connectivity index (χ2n) is 3.96. The van der Waals surface area contributed by atoms with Crippen molar-refractivity contribution in [2.45, 2.75) is 13.3 Å². The number of ketones is 1. The number of aryl methyl sites for hydroxylation is 1. The second kappa shape index (κ2) is 5.86. The van der Waals surface area contributed by atoms with Gasteiger partial charge in [0.05, 0.1) is 0 Å². The topological polar surface area (TPSA) is 44.1 Å². The first-order valence-electron chi connectivity index (χ1n) is 5.51. The molecule has 0 aromatic heterocycles. The van der Waals surface area contributed by atoms with E-state index in [0.29, 0.717) is 5.56 Å². The molecule has 0 heterocycles. The van der Waals surface area contributed by atoms with Crippen LogP contribution in [0.2, 0.25) is 0 Å². The molecule has 1 aromatic rings. The van der Waals surface area contributed by atoms with Crippen LogP contribution in [0.1, 0.15) is 22.8 Å². The van der Waals surface area contributed by atoms with Crippen molar-refractivity contribution in [2.75, 3.05) is 14.1 Å². The minimum atomic E-state index is -0.210. The van der Waals surface area contributed by atoms with Gasteiger partial charge in [0.1, 0.15) is 11.6 Å². The second-order valence-corrected chi connectivity index (χ2v) is 3.96. The third-order valence-electron chi connectivity index (χ3n) is 2.40. The molecular weight excluding hydrogens is 212 g/mol. The highest BCUT2D eigenvalue weighted by molar-refractivity contribution is 6.12. The molecule has 3 nitrogen and oxygen atoms in total. The molecule has 0 fully saturated rings. The van der Waals surface area contributed by atoms with Crippen molar-refractivity contribution in [3.8, 4) is 6.07 Å². The van der Waals surface area contributed by atoms with E-state index >= 15 is 0 Å². The number of Topliss-reactive ketones (excluding diaryl/α,β-unsaturated/α-hetero) is 1. The molecule has 0 aliphatic heterocycles. The molecular formula is C14H16N2O. The van der Waals surface area contributed by atoms with Crippen LogP contribution in [0.3, 0.4) is 0 Å². The van der Waals surface area contributed by atoms with Gasteiger partial charge in [-0.3, -0.25) is 4.79 Å². The van der Waals surface area contributed by atoms with Crippen LogP contribution in [0.15, 0.2) is 36.0 Å². The van der Waals surface area contributed by atoms with Gasteiger partial charge in [0.2, 0.25) is 5.78 Å². The predicted octanol–water partition coefficient (Wildman–Crippen LogP) is 2.40. The molecule has 17 heavy (non-hydrogen) atoms. The summed E-state index contributed by atoms with van der Waals surface area (Å²) in [6.07, 6.45) is 2.33.